The lowest BCUT2D eigenvalue weighted by atomic mass is 9.67. The predicted octanol–water partition coefficient (Wildman–Crippen LogP) is 1.30. The van der Waals surface area contributed by atoms with Crippen LogP contribution in [-0.4, -0.2) is 51.6 Å². The van der Waals surface area contributed by atoms with Crippen LogP contribution in [0.15, 0.2) is 5.38 Å². The van der Waals surface area contributed by atoms with Crippen LogP contribution in [-0.2, 0) is 9.47 Å². The fourth-order valence-electron chi connectivity index (χ4n) is 3.67. The zero-order valence-corrected chi connectivity index (χ0v) is 13.2. The Morgan fingerprint density at radius 3 is 3.14 bits per heavy atom. The molecule has 1 saturated carbocycles. The fourth-order valence-corrected chi connectivity index (χ4v) is 4.50. The molecular formula is C15H19NO5S. The second-order valence-corrected chi connectivity index (χ2v) is 6.74. The molecule has 1 N–H and O–H groups in total. The van der Waals surface area contributed by atoms with E-state index in [1.165, 1.54) is 11.3 Å². The number of nitrogens with one attached hydrogen (secondary N) is 1. The van der Waals surface area contributed by atoms with Crippen LogP contribution in [0.1, 0.15) is 16.1 Å². The molecular weight excluding hydrogens is 306 g/mol. The van der Waals surface area contributed by atoms with E-state index >= 15 is 0 Å². The Labute approximate surface area is 132 Å². The van der Waals surface area contributed by atoms with Crippen molar-refractivity contribution in [2.45, 2.75) is 18.6 Å². The first-order chi connectivity index (χ1) is 10.8. The van der Waals surface area contributed by atoms with Crippen LogP contribution in [0.25, 0.3) is 0 Å². The van der Waals surface area contributed by atoms with Crippen LogP contribution in [0.3, 0.4) is 0 Å². The number of amides is 1. The van der Waals surface area contributed by atoms with E-state index < -0.39 is 0 Å². The Morgan fingerprint density at radius 1 is 1.41 bits per heavy atom. The molecule has 1 saturated heterocycles. The lowest BCUT2D eigenvalue weighted by Gasteiger charge is -2.47. The molecule has 1 amide bonds. The van der Waals surface area contributed by atoms with E-state index in [0.717, 1.165) is 13.0 Å². The maximum Gasteiger partial charge on any atom is 0.265 e. The Kier molecular flexibility index (Phi) is 3.71. The number of carbonyl (C=O) groups is 1. The first-order valence-corrected chi connectivity index (χ1v) is 8.46. The summed E-state index contributed by atoms with van der Waals surface area (Å²) in [5, 5.41) is 4.98. The molecule has 4 rings (SSSR count). The van der Waals surface area contributed by atoms with E-state index in [9.17, 15) is 4.79 Å². The maximum atomic E-state index is 12.6. The van der Waals surface area contributed by atoms with Gasteiger partial charge in [-0.3, -0.25) is 4.79 Å². The van der Waals surface area contributed by atoms with Gasteiger partial charge >= 0.3 is 0 Å². The van der Waals surface area contributed by atoms with Gasteiger partial charge in [-0.15, -0.1) is 11.3 Å². The van der Waals surface area contributed by atoms with E-state index in [1.807, 2.05) is 5.38 Å². The molecule has 1 aliphatic carbocycles. The van der Waals surface area contributed by atoms with Gasteiger partial charge in [0.1, 0.15) is 18.1 Å². The van der Waals surface area contributed by atoms with Gasteiger partial charge in [-0.05, 0) is 6.42 Å². The molecule has 0 spiro atoms. The first kappa shape index (κ1) is 14.3. The van der Waals surface area contributed by atoms with E-state index in [0.29, 0.717) is 42.1 Å². The number of thiophene rings is 1. The third-order valence-corrected chi connectivity index (χ3v) is 5.63. The Balaban J connectivity index is 1.48. The molecule has 6 nitrogen and oxygen atoms in total. The normalized spacial score (nSPS) is 32.2. The third-order valence-electron chi connectivity index (χ3n) is 4.69. The Morgan fingerprint density at radius 2 is 2.27 bits per heavy atom. The van der Waals surface area contributed by atoms with Crippen LogP contribution in [0, 0.1) is 11.8 Å². The van der Waals surface area contributed by atoms with Gasteiger partial charge in [0.15, 0.2) is 11.5 Å². The van der Waals surface area contributed by atoms with Crippen molar-refractivity contribution in [1.29, 1.82) is 0 Å². The van der Waals surface area contributed by atoms with Crippen molar-refractivity contribution >= 4 is 17.2 Å². The van der Waals surface area contributed by atoms with E-state index in [2.05, 4.69) is 5.32 Å². The largest absolute Gasteiger partial charge is 0.485 e. The van der Waals surface area contributed by atoms with Crippen LogP contribution in [0.5, 0.6) is 11.5 Å². The molecule has 4 atom stereocenters. The van der Waals surface area contributed by atoms with Crippen LogP contribution in [0.2, 0.25) is 0 Å². The summed E-state index contributed by atoms with van der Waals surface area (Å²) in [4.78, 5) is 13.2. The molecule has 0 radical (unpaired) electrons. The minimum absolute atomic E-state index is 0.0896. The fraction of sp³-hybridized carbons (Fsp3) is 0.667. The number of rotatable bonds is 4. The molecule has 1 aromatic rings. The standard InChI is InChI=1S/C15H19NO5S/c1-18-6-9-11(8-2-3-20-12(8)9)16-15(17)14-13-10(7-22-14)19-4-5-21-13/h7-9,11-12H,2-6H2,1H3,(H,16,17)/t8-,9-,11-,12-/m0/s1. The minimum Gasteiger partial charge on any atom is -0.485 e. The lowest BCUT2D eigenvalue weighted by molar-refractivity contribution is -0.0809. The highest BCUT2D eigenvalue weighted by molar-refractivity contribution is 7.12. The van der Waals surface area contributed by atoms with Crippen molar-refractivity contribution in [3.05, 3.63) is 10.3 Å². The second-order valence-electron chi connectivity index (χ2n) is 5.86. The summed E-state index contributed by atoms with van der Waals surface area (Å²) in [5.41, 5.74) is 0. The van der Waals surface area contributed by atoms with Crippen molar-refractivity contribution in [3.63, 3.8) is 0 Å². The molecule has 7 heteroatoms. The van der Waals surface area contributed by atoms with Crippen molar-refractivity contribution in [3.8, 4) is 11.5 Å². The van der Waals surface area contributed by atoms with Gasteiger partial charge < -0.3 is 24.3 Å². The number of hydrogen-bond acceptors (Lipinski definition) is 6. The average molecular weight is 325 g/mol. The number of carbonyl (C=O) groups excluding carboxylic acids is 1. The molecule has 0 aromatic carbocycles. The lowest BCUT2D eigenvalue weighted by Crippen LogP contribution is -2.62. The number of methoxy groups -OCH3 is 1. The van der Waals surface area contributed by atoms with Crippen molar-refractivity contribution in [2.75, 3.05) is 33.5 Å². The van der Waals surface area contributed by atoms with Gasteiger partial charge in [0.05, 0.1) is 12.7 Å². The number of hydrogen-bond donors (Lipinski definition) is 1. The van der Waals surface area contributed by atoms with Gasteiger partial charge in [-0.25, -0.2) is 0 Å². The summed E-state index contributed by atoms with van der Waals surface area (Å²) in [6.45, 7) is 2.39. The van der Waals surface area contributed by atoms with Crippen LogP contribution >= 0.6 is 11.3 Å². The summed E-state index contributed by atoms with van der Waals surface area (Å²) in [5.74, 6) is 1.79. The highest BCUT2D eigenvalue weighted by Crippen LogP contribution is 2.45. The summed E-state index contributed by atoms with van der Waals surface area (Å²) in [6, 6.07) is 0.113. The second kappa shape index (κ2) is 5.72. The van der Waals surface area contributed by atoms with Crippen molar-refractivity contribution in [2.24, 2.45) is 11.8 Å². The van der Waals surface area contributed by atoms with E-state index in [4.69, 9.17) is 18.9 Å². The molecule has 2 fully saturated rings. The van der Waals surface area contributed by atoms with Gasteiger partial charge in [-0.2, -0.15) is 0 Å². The van der Waals surface area contributed by atoms with Gasteiger partial charge in [0.2, 0.25) is 0 Å². The summed E-state index contributed by atoms with van der Waals surface area (Å²) < 4.78 is 22.1. The Hall–Kier alpha value is -1.31. The topological polar surface area (TPSA) is 66.0 Å². The molecule has 2 aliphatic heterocycles. The zero-order valence-electron chi connectivity index (χ0n) is 12.4. The zero-order chi connectivity index (χ0) is 15.1. The van der Waals surface area contributed by atoms with E-state index in [-0.39, 0.29) is 24.0 Å². The molecule has 3 aliphatic rings. The Bertz CT molecular complexity index is 574. The molecule has 22 heavy (non-hydrogen) atoms. The van der Waals surface area contributed by atoms with Gasteiger partial charge in [0, 0.05) is 37.0 Å². The average Bonchev–Trinajstić information content (AvgIpc) is 3.15. The van der Waals surface area contributed by atoms with Crippen LogP contribution in [0.4, 0.5) is 0 Å². The SMILES string of the molecule is COC[C@H]1[C@@H](NC(=O)c2scc3c2OCCO3)[C@@H]2CCO[C@@H]21. The van der Waals surface area contributed by atoms with Crippen molar-refractivity contribution in [1.82, 2.24) is 5.32 Å². The molecule has 120 valence electrons. The van der Waals surface area contributed by atoms with Gasteiger partial charge in [-0.1, -0.05) is 0 Å². The quantitative estimate of drug-likeness (QED) is 0.904. The highest BCUT2D eigenvalue weighted by Gasteiger charge is 2.54. The molecule has 1 aromatic heterocycles. The van der Waals surface area contributed by atoms with E-state index in [1.54, 1.807) is 7.11 Å². The smallest absolute Gasteiger partial charge is 0.265 e. The summed E-state index contributed by atoms with van der Waals surface area (Å²) in [6.07, 6.45) is 1.22. The number of fused-ring (bicyclic) bond motifs is 2. The molecule has 3 heterocycles. The van der Waals surface area contributed by atoms with Crippen molar-refractivity contribution < 1.29 is 23.7 Å². The molecule has 0 unspecified atom stereocenters. The summed E-state index contributed by atoms with van der Waals surface area (Å²) in [7, 11) is 1.68. The third kappa shape index (κ3) is 2.19. The molecule has 0 bridgehead atoms. The maximum absolute atomic E-state index is 12.6. The minimum atomic E-state index is -0.0896. The predicted molar refractivity (Wildman–Crippen MR) is 79.8 cm³/mol. The number of ether oxygens (including phenoxy) is 4. The highest BCUT2D eigenvalue weighted by atomic mass is 32.1. The summed E-state index contributed by atoms with van der Waals surface area (Å²) >= 11 is 1.37. The first-order valence-electron chi connectivity index (χ1n) is 7.58. The van der Waals surface area contributed by atoms with Gasteiger partial charge in [0.25, 0.3) is 5.91 Å². The van der Waals surface area contributed by atoms with Crippen LogP contribution < -0.4 is 14.8 Å². The monoisotopic (exact) mass is 325 g/mol.